The summed E-state index contributed by atoms with van der Waals surface area (Å²) in [6, 6.07) is 1.10. The minimum absolute atomic E-state index is 0.212. The Kier molecular flexibility index (Phi) is 3.36. The predicted octanol–water partition coefficient (Wildman–Crippen LogP) is 1.35. The first-order chi connectivity index (χ1) is 7.68. The van der Waals surface area contributed by atoms with E-state index in [1.807, 2.05) is 0 Å². The van der Waals surface area contributed by atoms with Crippen LogP contribution in [0.4, 0.5) is 4.39 Å². The van der Waals surface area contributed by atoms with Crippen LogP contribution in [0.5, 0.6) is 0 Å². The number of nitrogens with zero attached hydrogens (tertiary/aromatic N) is 2. The Morgan fingerprint density at radius 2 is 2.19 bits per heavy atom. The minimum Gasteiger partial charge on any atom is -0.378 e. The van der Waals surface area contributed by atoms with Crippen molar-refractivity contribution in [3.05, 3.63) is 28.8 Å². The summed E-state index contributed by atoms with van der Waals surface area (Å²) < 4.78 is 18.2. The molecule has 0 radical (unpaired) electrons. The Morgan fingerprint density at radius 1 is 1.50 bits per heavy atom. The van der Waals surface area contributed by atoms with Crippen LogP contribution in [-0.4, -0.2) is 42.1 Å². The second-order valence-corrected chi connectivity index (χ2v) is 3.76. The normalized spacial score (nSPS) is 16.2. The van der Waals surface area contributed by atoms with Gasteiger partial charge in [0.25, 0.3) is 5.91 Å². The molecule has 0 spiro atoms. The van der Waals surface area contributed by atoms with E-state index in [0.29, 0.717) is 26.3 Å². The number of carbonyl (C=O) groups excluding carboxylic acids is 1. The lowest BCUT2D eigenvalue weighted by molar-refractivity contribution is 0.0302. The van der Waals surface area contributed by atoms with E-state index in [2.05, 4.69) is 4.98 Å². The van der Waals surface area contributed by atoms with Gasteiger partial charge in [-0.3, -0.25) is 4.79 Å². The number of hydrogen-bond acceptors (Lipinski definition) is 3. The standard InChI is InChI=1S/C10H10ClFN2O2/c11-9-8(12)5-7(6-13-9)10(15)14-1-3-16-4-2-14/h5-6H,1-4H2. The number of pyridine rings is 1. The second kappa shape index (κ2) is 4.76. The SMILES string of the molecule is O=C(c1cnc(Cl)c(F)c1)N1CCOCC1. The molecule has 0 bridgehead atoms. The molecule has 1 aliphatic rings. The predicted molar refractivity (Wildman–Crippen MR) is 55.9 cm³/mol. The maximum atomic E-state index is 13.1. The first-order valence-electron chi connectivity index (χ1n) is 4.86. The first kappa shape index (κ1) is 11.3. The van der Waals surface area contributed by atoms with Crippen molar-refractivity contribution in [2.45, 2.75) is 0 Å². The fraction of sp³-hybridized carbons (Fsp3) is 0.400. The van der Waals surface area contributed by atoms with Crippen LogP contribution in [0.3, 0.4) is 0 Å². The highest BCUT2D eigenvalue weighted by Gasteiger charge is 2.19. The molecule has 1 aromatic rings. The van der Waals surface area contributed by atoms with Gasteiger partial charge in [-0.25, -0.2) is 9.37 Å². The van der Waals surface area contributed by atoms with E-state index in [1.165, 1.54) is 6.20 Å². The fourth-order valence-corrected chi connectivity index (χ4v) is 1.59. The fourth-order valence-electron chi connectivity index (χ4n) is 1.49. The van der Waals surface area contributed by atoms with Crippen LogP contribution in [0.2, 0.25) is 5.15 Å². The molecule has 0 saturated carbocycles. The number of carbonyl (C=O) groups is 1. The third kappa shape index (κ3) is 2.31. The topological polar surface area (TPSA) is 42.4 Å². The highest BCUT2D eigenvalue weighted by Crippen LogP contribution is 2.14. The van der Waals surface area contributed by atoms with Gasteiger partial charge in [-0.1, -0.05) is 11.6 Å². The Hall–Kier alpha value is -1.20. The molecule has 1 aliphatic heterocycles. The van der Waals surface area contributed by atoms with E-state index in [0.717, 1.165) is 6.07 Å². The maximum absolute atomic E-state index is 13.1. The molecule has 0 atom stereocenters. The van der Waals surface area contributed by atoms with Crippen molar-refractivity contribution in [2.75, 3.05) is 26.3 Å². The summed E-state index contributed by atoms with van der Waals surface area (Å²) in [4.78, 5) is 17.1. The van der Waals surface area contributed by atoms with Gasteiger partial charge >= 0.3 is 0 Å². The highest BCUT2D eigenvalue weighted by atomic mass is 35.5. The van der Waals surface area contributed by atoms with Crippen molar-refractivity contribution < 1.29 is 13.9 Å². The Morgan fingerprint density at radius 3 is 2.81 bits per heavy atom. The number of hydrogen-bond donors (Lipinski definition) is 0. The zero-order valence-electron chi connectivity index (χ0n) is 8.45. The zero-order chi connectivity index (χ0) is 11.5. The monoisotopic (exact) mass is 244 g/mol. The van der Waals surface area contributed by atoms with Crippen LogP contribution in [0.25, 0.3) is 0 Å². The first-order valence-corrected chi connectivity index (χ1v) is 5.24. The molecular formula is C10H10ClFN2O2. The number of amides is 1. The average molecular weight is 245 g/mol. The van der Waals surface area contributed by atoms with Crippen LogP contribution in [0.15, 0.2) is 12.3 Å². The van der Waals surface area contributed by atoms with E-state index in [1.54, 1.807) is 4.90 Å². The van der Waals surface area contributed by atoms with Crippen LogP contribution in [0, 0.1) is 5.82 Å². The van der Waals surface area contributed by atoms with E-state index in [9.17, 15) is 9.18 Å². The number of rotatable bonds is 1. The number of halogens is 2. The lowest BCUT2D eigenvalue weighted by Gasteiger charge is -2.26. The van der Waals surface area contributed by atoms with E-state index >= 15 is 0 Å². The molecule has 1 aromatic heterocycles. The third-order valence-electron chi connectivity index (χ3n) is 2.34. The van der Waals surface area contributed by atoms with Gasteiger partial charge in [-0.05, 0) is 6.07 Å². The molecule has 4 nitrogen and oxygen atoms in total. The molecule has 16 heavy (non-hydrogen) atoms. The van der Waals surface area contributed by atoms with Crippen molar-refractivity contribution in [1.82, 2.24) is 9.88 Å². The Labute approximate surface area is 97.0 Å². The van der Waals surface area contributed by atoms with Gasteiger partial charge in [-0.2, -0.15) is 0 Å². The highest BCUT2D eigenvalue weighted by molar-refractivity contribution is 6.29. The molecule has 0 aromatic carbocycles. The smallest absolute Gasteiger partial charge is 0.255 e. The number of aromatic nitrogens is 1. The number of morpholine rings is 1. The molecule has 1 saturated heterocycles. The maximum Gasteiger partial charge on any atom is 0.255 e. The zero-order valence-corrected chi connectivity index (χ0v) is 9.21. The molecule has 0 aliphatic carbocycles. The molecular weight excluding hydrogens is 235 g/mol. The van der Waals surface area contributed by atoms with Crippen molar-refractivity contribution in [1.29, 1.82) is 0 Å². The van der Waals surface area contributed by atoms with E-state index < -0.39 is 5.82 Å². The lowest BCUT2D eigenvalue weighted by atomic mass is 10.2. The molecule has 0 N–H and O–H groups in total. The summed E-state index contributed by atoms with van der Waals surface area (Å²) in [5.74, 6) is -0.924. The van der Waals surface area contributed by atoms with Gasteiger partial charge in [0.1, 0.15) is 0 Å². The lowest BCUT2D eigenvalue weighted by Crippen LogP contribution is -2.40. The largest absolute Gasteiger partial charge is 0.378 e. The third-order valence-corrected chi connectivity index (χ3v) is 2.62. The summed E-state index contributed by atoms with van der Waals surface area (Å²) >= 11 is 5.44. The summed E-state index contributed by atoms with van der Waals surface area (Å²) in [6.07, 6.45) is 1.28. The minimum atomic E-state index is -0.680. The van der Waals surface area contributed by atoms with E-state index in [-0.39, 0.29) is 16.6 Å². The molecule has 1 fully saturated rings. The van der Waals surface area contributed by atoms with Gasteiger partial charge in [0.15, 0.2) is 11.0 Å². The van der Waals surface area contributed by atoms with Crippen LogP contribution >= 0.6 is 11.6 Å². The Balaban J connectivity index is 2.16. The van der Waals surface area contributed by atoms with Crippen molar-refractivity contribution >= 4 is 17.5 Å². The molecule has 86 valence electrons. The van der Waals surface area contributed by atoms with Gasteiger partial charge in [0.05, 0.1) is 18.8 Å². The second-order valence-electron chi connectivity index (χ2n) is 3.40. The summed E-state index contributed by atoms with van der Waals surface area (Å²) in [5, 5.41) is -0.224. The molecule has 1 amide bonds. The molecule has 0 unspecified atom stereocenters. The summed E-state index contributed by atoms with van der Waals surface area (Å²) in [5.41, 5.74) is 0.212. The number of ether oxygens (including phenoxy) is 1. The van der Waals surface area contributed by atoms with E-state index in [4.69, 9.17) is 16.3 Å². The Bertz CT molecular complexity index is 408. The van der Waals surface area contributed by atoms with Gasteiger partial charge in [-0.15, -0.1) is 0 Å². The van der Waals surface area contributed by atoms with Gasteiger partial charge in [0.2, 0.25) is 0 Å². The van der Waals surface area contributed by atoms with Crippen molar-refractivity contribution in [3.63, 3.8) is 0 Å². The van der Waals surface area contributed by atoms with Gasteiger partial charge in [0, 0.05) is 19.3 Å². The molecule has 6 heteroatoms. The van der Waals surface area contributed by atoms with Gasteiger partial charge < -0.3 is 9.64 Å². The van der Waals surface area contributed by atoms with Crippen LogP contribution in [0.1, 0.15) is 10.4 Å². The van der Waals surface area contributed by atoms with Crippen LogP contribution < -0.4 is 0 Å². The van der Waals surface area contributed by atoms with Crippen molar-refractivity contribution in [2.24, 2.45) is 0 Å². The van der Waals surface area contributed by atoms with Crippen molar-refractivity contribution in [3.8, 4) is 0 Å². The molecule has 2 rings (SSSR count). The molecule has 2 heterocycles. The van der Waals surface area contributed by atoms with Crippen LogP contribution in [-0.2, 0) is 4.74 Å². The average Bonchev–Trinajstić information content (AvgIpc) is 2.33. The summed E-state index contributed by atoms with van der Waals surface area (Å²) in [7, 11) is 0. The quantitative estimate of drug-likeness (QED) is 0.701. The summed E-state index contributed by atoms with van der Waals surface area (Å²) in [6.45, 7) is 2.05.